The molecule has 5 rings (SSSR count). The number of benzene rings is 2. The fourth-order valence-electron chi connectivity index (χ4n) is 3.31. The monoisotopic (exact) mass is 354 g/mol. The topological polar surface area (TPSA) is 34.9 Å². The molecular formula is C22H14N2OS. The molecule has 0 atom stereocenters. The van der Waals surface area contributed by atoms with Gasteiger partial charge in [-0.3, -0.25) is 4.79 Å². The van der Waals surface area contributed by atoms with E-state index < -0.39 is 0 Å². The number of rotatable bonds is 2. The molecule has 2 aliphatic rings. The van der Waals surface area contributed by atoms with Crippen LogP contribution < -0.4 is 5.43 Å². The van der Waals surface area contributed by atoms with E-state index in [4.69, 9.17) is 5.10 Å². The summed E-state index contributed by atoms with van der Waals surface area (Å²) in [5.41, 5.74) is 3.35. The number of nitrogens with zero attached hydrogens (tertiary/aromatic N) is 2. The molecule has 2 heterocycles. The second kappa shape index (κ2) is 5.93. The van der Waals surface area contributed by atoms with Crippen LogP contribution in [0.5, 0.6) is 0 Å². The Morgan fingerprint density at radius 1 is 0.769 bits per heavy atom. The molecule has 3 aromatic rings. The lowest BCUT2D eigenvalue weighted by Gasteiger charge is -2.09. The molecule has 0 radical (unpaired) electrons. The molecule has 0 saturated carbocycles. The Balaban J connectivity index is 1.94. The summed E-state index contributed by atoms with van der Waals surface area (Å²) < 4.78 is 1.93. The van der Waals surface area contributed by atoms with Gasteiger partial charge in [0.2, 0.25) is 0 Å². The third-order valence-electron chi connectivity index (χ3n) is 4.54. The molecule has 0 fully saturated rings. The summed E-state index contributed by atoms with van der Waals surface area (Å²) in [7, 11) is 0. The van der Waals surface area contributed by atoms with Crippen molar-refractivity contribution in [1.29, 1.82) is 0 Å². The molecule has 0 unspecified atom stereocenters. The first-order valence-electron chi connectivity index (χ1n) is 8.37. The van der Waals surface area contributed by atoms with Crippen molar-refractivity contribution in [2.75, 3.05) is 0 Å². The van der Waals surface area contributed by atoms with Gasteiger partial charge in [0, 0.05) is 10.8 Å². The van der Waals surface area contributed by atoms with E-state index in [1.54, 1.807) is 11.3 Å². The Morgan fingerprint density at radius 3 is 2.31 bits per heavy atom. The number of para-hydroxylation sites is 1. The van der Waals surface area contributed by atoms with E-state index in [1.807, 2.05) is 82.9 Å². The van der Waals surface area contributed by atoms with Crippen LogP contribution in [0.3, 0.4) is 0 Å². The molecule has 0 saturated heterocycles. The van der Waals surface area contributed by atoms with Gasteiger partial charge < -0.3 is 0 Å². The van der Waals surface area contributed by atoms with Crippen molar-refractivity contribution < 1.29 is 0 Å². The molecule has 0 amide bonds. The largest absolute Gasteiger partial charge is 0.289 e. The number of fused-ring (bicyclic) bond motifs is 3. The summed E-state index contributed by atoms with van der Waals surface area (Å²) in [4.78, 5) is 13.9. The van der Waals surface area contributed by atoms with Gasteiger partial charge in [0.15, 0.2) is 5.43 Å². The zero-order valence-electron chi connectivity index (χ0n) is 13.8. The summed E-state index contributed by atoms with van der Waals surface area (Å²) in [6, 6.07) is 25.7. The molecule has 3 nitrogen and oxygen atoms in total. The zero-order valence-corrected chi connectivity index (χ0v) is 14.6. The number of hydrogen-bond donors (Lipinski definition) is 0. The van der Waals surface area contributed by atoms with Crippen LogP contribution in [0.2, 0.25) is 0 Å². The van der Waals surface area contributed by atoms with Crippen molar-refractivity contribution in [2.24, 2.45) is 0 Å². The van der Waals surface area contributed by atoms with Crippen LogP contribution in [0.15, 0.2) is 89.0 Å². The standard InChI is InChI=1S/C22H14N2OS/c25-22-17-10-5-4-9-16(17)21-18(22)12-13-19(20-11-6-14-26-20)24(23-21)15-7-2-1-3-8-15/h1-14H. The van der Waals surface area contributed by atoms with Crippen LogP contribution in [-0.4, -0.2) is 9.78 Å². The van der Waals surface area contributed by atoms with Gasteiger partial charge in [-0.1, -0.05) is 48.5 Å². The molecule has 0 N–H and O–H groups in total. The zero-order chi connectivity index (χ0) is 17.5. The van der Waals surface area contributed by atoms with E-state index in [9.17, 15) is 4.79 Å². The van der Waals surface area contributed by atoms with Crippen LogP contribution in [0.4, 0.5) is 0 Å². The Morgan fingerprint density at radius 2 is 1.54 bits per heavy atom. The van der Waals surface area contributed by atoms with Gasteiger partial charge in [-0.25, -0.2) is 4.68 Å². The van der Waals surface area contributed by atoms with E-state index >= 15 is 0 Å². The van der Waals surface area contributed by atoms with Gasteiger partial charge in [0.25, 0.3) is 0 Å². The van der Waals surface area contributed by atoms with Crippen molar-refractivity contribution in [1.82, 2.24) is 9.78 Å². The maximum Gasteiger partial charge on any atom is 0.195 e. The van der Waals surface area contributed by atoms with E-state index in [0.717, 1.165) is 32.7 Å². The quantitative estimate of drug-likeness (QED) is 0.436. The summed E-state index contributed by atoms with van der Waals surface area (Å²) in [6.07, 6.45) is 0. The third-order valence-corrected chi connectivity index (χ3v) is 5.43. The molecule has 2 aromatic carbocycles. The summed E-state index contributed by atoms with van der Waals surface area (Å²) in [5.74, 6) is 0. The SMILES string of the molecule is O=c1c2ccc(-c3cccs3)n(-c3ccccc3)nc-2c2ccccc12. The van der Waals surface area contributed by atoms with E-state index in [-0.39, 0.29) is 5.43 Å². The normalized spacial score (nSPS) is 11.2. The summed E-state index contributed by atoms with van der Waals surface area (Å²) in [5, 5.41) is 8.60. The van der Waals surface area contributed by atoms with Crippen molar-refractivity contribution in [3.05, 3.63) is 94.5 Å². The van der Waals surface area contributed by atoms with Crippen molar-refractivity contribution in [3.63, 3.8) is 0 Å². The molecule has 124 valence electrons. The number of thiophene rings is 1. The van der Waals surface area contributed by atoms with Gasteiger partial charge in [-0.15, -0.1) is 11.3 Å². The van der Waals surface area contributed by atoms with E-state index in [2.05, 4.69) is 6.07 Å². The van der Waals surface area contributed by atoms with Crippen molar-refractivity contribution in [2.45, 2.75) is 0 Å². The van der Waals surface area contributed by atoms with Gasteiger partial charge in [0.05, 0.1) is 21.8 Å². The smallest absolute Gasteiger partial charge is 0.195 e. The first-order valence-corrected chi connectivity index (χ1v) is 9.25. The number of aromatic nitrogens is 2. The average Bonchev–Trinajstić information content (AvgIpc) is 3.25. The Hall–Kier alpha value is -3.24. The Labute approximate surface area is 154 Å². The van der Waals surface area contributed by atoms with Gasteiger partial charge in [-0.2, -0.15) is 5.10 Å². The van der Waals surface area contributed by atoms with Gasteiger partial charge in [0.1, 0.15) is 5.69 Å². The second-order valence-corrected chi connectivity index (χ2v) is 7.03. The molecule has 1 aromatic heterocycles. The minimum absolute atomic E-state index is 0.0380. The lowest BCUT2D eigenvalue weighted by Crippen LogP contribution is -2.02. The maximum absolute atomic E-state index is 12.8. The van der Waals surface area contributed by atoms with Crippen LogP contribution in [0.25, 0.3) is 38.3 Å². The van der Waals surface area contributed by atoms with E-state index in [1.165, 1.54) is 0 Å². The first kappa shape index (κ1) is 15.0. The molecule has 0 spiro atoms. The minimum Gasteiger partial charge on any atom is -0.289 e. The lowest BCUT2D eigenvalue weighted by molar-refractivity contribution is 0.875. The van der Waals surface area contributed by atoms with Crippen molar-refractivity contribution >= 4 is 22.1 Å². The van der Waals surface area contributed by atoms with Gasteiger partial charge in [-0.05, 0) is 35.7 Å². The Kier molecular flexibility index (Phi) is 3.43. The summed E-state index contributed by atoms with van der Waals surface area (Å²) in [6.45, 7) is 0. The second-order valence-electron chi connectivity index (χ2n) is 6.08. The maximum atomic E-state index is 12.8. The highest BCUT2D eigenvalue weighted by Crippen LogP contribution is 2.31. The highest BCUT2D eigenvalue weighted by molar-refractivity contribution is 7.13. The molecule has 1 aliphatic heterocycles. The molecule has 4 heteroatoms. The first-order chi connectivity index (χ1) is 12.8. The molecule has 26 heavy (non-hydrogen) atoms. The molecule has 1 aliphatic carbocycles. The molecule has 0 bridgehead atoms. The van der Waals surface area contributed by atoms with Gasteiger partial charge >= 0.3 is 0 Å². The minimum atomic E-state index is 0.0380. The highest BCUT2D eigenvalue weighted by atomic mass is 32.1. The predicted molar refractivity (Wildman–Crippen MR) is 107 cm³/mol. The van der Waals surface area contributed by atoms with Crippen molar-refractivity contribution in [3.8, 4) is 27.5 Å². The van der Waals surface area contributed by atoms with Crippen LogP contribution in [-0.2, 0) is 0 Å². The highest BCUT2D eigenvalue weighted by Gasteiger charge is 2.18. The predicted octanol–water partition coefficient (Wildman–Crippen LogP) is 5.22. The number of hydrogen-bond acceptors (Lipinski definition) is 3. The van der Waals surface area contributed by atoms with Crippen LogP contribution in [0, 0.1) is 0 Å². The Bertz CT molecular complexity index is 1240. The van der Waals surface area contributed by atoms with E-state index in [0.29, 0.717) is 5.56 Å². The fourth-order valence-corrected chi connectivity index (χ4v) is 4.05. The average molecular weight is 354 g/mol. The lowest BCUT2D eigenvalue weighted by atomic mass is 10.2. The fraction of sp³-hybridized carbons (Fsp3) is 0. The summed E-state index contributed by atoms with van der Waals surface area (Å²) >= 11 is 1.66. The molecular weight excluding hydrogens is 340 g/mol. The third kappa shape index (κ3) is 2.27. The van der Waals surface area contributed by atoms with Crippen LogP contribution in [0.1, 0.15) is 0 Å². The van der Waals surface area contributed by atoms with Crippen LogP contribution >= 0.6 is 11.3 Å².